The second kappa shape index (κ2) is 14.0. The fourth-order valence-corrected chi connectivity index (χ4v) is 4.92. The van der Waals surface area contributed by atoms with Crippen molar-refractivity contribution in [1.29, 1.82) is 0 Å². The Labute approximate surface area is 251 Å². The summed E-state index contributed by atoms with van der Waals surface area (Å²) in [5, 5.41) is 0. The summed E-state index contributed by atoms with van der Waals surface area (Å²) in [6.45, 7) is 16.4. The van der Waals surface area contributed by atoms with E-state index in [0.717, 1.165) is 55.9 Å². The van der Waals surface area contributed by atoms with Gasteiger partial charge in [0.25, 0.3) is 0 Å². The number of amides is 2. The summed E-state index contributed by atoms with van der Waals surface area (Å²) < 4.78 is 11.5. The van der Waals surface area contributed by atoms with Gasteiger partial charge in [-0.3, -0.25) is 9.59 Å². The van der Waals surface area contributed by atoms with Gasteiger partial charge in [-0.2, -0.15) is 0 Å². The third-order valence-electron chi connectivity index (χ3n) is 7.26. The first-order valence-corrected chi connectivity index (χ1v) is 14.2. The van der Waals surface area contributed by atoms with E-state index < -0.39 is 0 Å². The van der Waals surface area contributed by atoms with Gasteiger partial charge in [0.2, 0.25) is 11.8 Å². The van der Waals surface area contributed by atoms with Crippen molar-refractivity contribution in [1.82, 2.24) is 0 Å². The number of anilines is 2. The van der Waals surface area contributed by atoms with Crippen molar-refractivity contribution in [3.8, 4) is 33.8 Å². The molecule has 0 radical (unpaired) electrons. The van der Waals surface area contributed by atoms with Crippen LogP contribution in [0.4, 0.5) is 11.4 Å². The summed E-state index contributed by atoms with van der Waals surface area (Å²) in [4.78, 5) is 28.4. The average molecular weight is 569 g/mol. The van der Waals surface area contributed by atoms with Crippen molar-refractivity contribution in [2.45, 2.75) is 55.4 Å². The van der Waals surface area contributed by atoms with Gasteiger partial charge in [0.05, 0.1) is 25.6 Å². The second-order valence-electron chi connectivity index (χ2n) is 11.1. The molecule has 2 amide bonds. The first-order valence-electron chi connectivity index (χ1n) is 14.2. The number of allylic oxidation sites excluding steroid dienone is 2. The number of ether oxygens (including phenoxy) is 2. The topological polar surface area (TPSA) is 59.1 Å². The molecule has 3 aromatic carbocycles. The van der Waals surface area contributed by atoms with Crippen LogP contribution in [0.1, 0.15) is 52.7 Å². The van der Waals surface area contributed by atoms with Crippen molar-refractivity contribution < 1.29 is 19.1 Å². The van der Waals surface area contributed by atoms with Gasteiger partial charge in [0.1, 0.15) is 11.5 Å². The molecule has 42 heavy (non-hydrogen) atoms. The number of carbonyl (C=O) groups excluding carboxylic acids is 2. The lowest BCUT2D eigenvalue weighted by Crippen LogP contribution is -2.29. The maximum Gasteiger partial charge on any atom is 0.224 e. The minimum atomic E-state index is -0.0419. The highest BCUT2D eigenvalue weighted by atomic mass is 16.5. The summed E-state index contributed by atoms with van der Waals surface area (Å²) in [6.07, 6.45) is 4.06. The van der Waals surface area contributed by atoms with Crippen LogP contribution in [0.15, 0.2) is 71.8 Å². The number of hydrogen-bond donors (Lipinski definition) is 0. The third-order valence-corrected chi connectivity index (χ3v) is 7.26. The molecule has 0 bridgehead atoms. The van der Waals surface area contributed by atoms with Gasteiger partial charge in [-0.25, -0.2) is 0 Å². The van der Waals surface area contributed by atoms with Crippen LogP contribution >= 0.6 is 0 Å². The van der Waals surface area contributed by atoms with E-state index in [4.69, 9.17) is 9.47 Å². The van der Waals surface area contributed by atoms with Crippen LogP contribution in [0, 0.1) is 13.8 Å². The first kappa shape index (κ1) is 32.2. The van der Waals surface area contributed by atoms with Gasteiger partial charge in [-0.1, -0.05) is 47.6 Å². The van der Waals surface area contributed by atoms with E-state index in [0.29, 0.717) is 24.6 Å². The number of hydrogen-bond acceptors (Lipinski definition) is 4. The molecule has 0 saturated heterocycles. The average Bonchev–Trinajstić information content (AvgIpc) is 2.93. The maximum atomic E-state index is 12.5. The number of methoxy groups -OCH3 is 2. The summed E-state index contributed by atoms with van der Waals surface area (Å²) in [5.74, 6) is 1.21. The molecule has 0 spiro atoms. The summed E-state index contributed by atoms with van der Waals surface area (Å²) in [7, 11) is 3.26. The Morgan fingerprint density at radius 3 is 1.26 bits per heavy atom. The highest BCUT2D eigenvalue weighted by Gasteiger charge is 2.19. The maximum absolute atomic E-state index is 12.5. The molecule has 6 nitrogen and oxygen atoms in total. The van der Waals surface area contributed by atoms with Gasteiger partial charge >= 0.3 is 0 Å². The van der Waals surface area contributed by atoms with E-state index in [1.807, 2.05) is 76.2 Å². The molecule has 6 heteroatoms. The molecule has 3 rings (SSSR count). The zero-order chi connectivity index (χ0) is 31.1. The largest absolute Gasteiger partial charge is 0.495 e. The normalized spacial score (nSPS) is 10.5. The molecule has 0 unspecified atom stereocenters. The standard InChI is InChI=1S/C36H44N2O4/c1-23(2)15-17-37(27(7)39)33-13-11-29(21-35(33)41-9)31-19-26(6)32(20-25(31)5)30-12-14-34(36(22-30)42-10)38(28(8)40)18-16-24(3)4/h11-16,19-22H,17-18H2,1-10H3. The molecule has 0 aliphatic carbocycles. The van der Waals surface area contributed by atoms with Crippen molar-refractivity contribution >= 4 is 23.2 Å². The minimum Gasteiger partial charge on any atom is -0.495 e. The zero-order valence-corrected chi connectivity index (χ0v) is 26.7. The van der Waals surface area contributed by atoms with Crippen molar-refractivity contribution in [2.24, 2.45) is 0 Å². The van der Waals surface area contributed by atoms with E-state index in [1.54, 1.807) is 37.9 Å². The van der Waals surface area contributed by atoms with Gasteiger partial charge in [-0.05, 0) is 99.2 Å². The number of rotatable bonds is 10. The van der Waals surface area contributed by atoms with Gasteiger partial charge in [-0.15, -0.1) is 0 Å². The highest BCUT2D eigenvalue weighted by Crippen LogP contribution is 2.39. The lowest BCUT2D eigenvalue weighted by Gasteiger charge is -2.24. The van der Waals surface area contributed by atoms with E-state index in [-0.39, 0.29) is 11.8 Å². The molecule has 0 fully saturated rings. The number of carbonyl (C=O) groups is 2. The van der Waals surface area contributed by atoms with Crippen LogP contribution in [0.3, 0.4) is 0 Å². The number of benzene rings is 3. The number of aryl methyl sites for hydroxylation is 2. The molecule has 0 heterocycles. The summed E-state index contributed by atoms with van der Waals surface area (Å²) >= 11 is 0. The zero-order valence-electron chi connectivity index (χ0n) is 26.7. The van der Waals surface area contributed by atoms with Gasteiger partial charge in [0.15, 0.2) is 0 Å². The lowest BCUT2D eigenvalue weighted by molar-refractivity contribution is -0.117. The van der Waals surface area contributed by atoms with E-state index in [2.05, 4.69) is 26.0 Å². The predicted octanol–water partition coefficient (Wildman–Crippen LogP) is 8.29. The van der Waals surface area contributed by atoms with Crippen LogP contribution in [0.25, 0.3) is 22.3 Å². The molecule has 0 aliphatic rings. The molecule has 0 aromatic heterocycles. The predicted molar refractivity (Wildman–Crippen MR) is 175 cm³/mol. The molecule has 3 aromatic rings. The molecule has 222 valence electrons. The quantitative estimate of drug-likeness (QED) is 0.231. The van der Waals surface area contributed by atoms with Crippen molar-refractivity contribution in [2.75, 3.05) is 37.1 Å². The Balaban J connectivity index is 2.03. The molecular formula is C36H44N2O4. The van der Waals surface area contributed by atoms with Gasteiger partial charge in [0, 0.05) is 26.9 Å². The Kier molecular flexibility index (Phi) is 10.8. The molecule has 0 saturated carbocycles. The smallest absolute Gasteiger partial charge is 0.224 e. The van der Waals surface area contributed by atoms with Crippen LogP contribution in [-0.4, -0.2) is 39.1 Å². The first-order chi connectivity index (χ1) is 19.9. The fraction of sp³-hybridized carbons (Fsp3) is 0.333. The fourth-order valence-electron chi connectivity index (χ4n) is 4.92. The van der Waals surface area contributed by atoms with E-state index >= 15 is 0 Å². The monoisotopic (exact) mass is 568 g/mol. The Morgan fingerprint density at radius 1 is 0.619 bits per heavy atom. The molecule has 0 atom stereocenters. The molecule has 0 N–H and O–H groups in total. The van der Waals surface area contributed by atoms with Crippen LogP contribution in [-0.2, 0) is 9.59 Å². The summed E-state index contributed by atoms with van der Waals surface area (Å²) in [6, 6.07) is 16.3. The van der Waals surface area contributed by atoms with E-state index in [9.17, 15) is 9.59 Å². The summed E-state index contributed by atoms with van der Waals surface area (Å²) in [5.41, 5.74) is 10.2. The Morgan fingerprint density at radius 2 is 0.976 bits per heavy atom. The van der Waals surface area contributed by atoms with Crippen LogP contribution in [0.2, 0.25) is 0 Å². The van der Waals surface area contributed by atoms with E-state index in [1.165, 1.54) is 0 Å². The second-order valence-corrected chi connectivity index (χ2v) is 11.1. The molecule has 0 aliphatic heterocycles. The lowest BCUT2D eigenvalue weighted by atomic mass is 9.91. The van der Waals surface area contributed by atoms with Crippen LogP contribution < -0.4 is 19.3 Å². The minimum absolute atomic E-state index is 0.0419. The number of nitrogens with zero attached hydrogens (tertiary/aromatic N) is 2. The highest BCUT2D eigenvalue weighted by molar-refractivity contribution is 5.95. The Bertz CT molecular complexity index is 1410. The third kappa shape index (κ3) is 7.49. The van der Waals surface area contributed by atoms with Crippen molar-refractivity contribution in [3.63, 3.8) is 0 Å². The van der Waals surface area contributed by atoms with Gasteiger partial charge < -0.3 is 19.3 Å². The van der Waals surface area contributed by atoms with Crippen molar-refractivity contribution in [3.05, 3.63) is 83.0 Å². The Hall–Kier alpha value is -4.32. The molecular weight excluding hydrogens is 524 g/mol. The van der Waals surface area contributed by atoms with Crippen LogP contribution in [0.5, 0.6) is 11.5 Å². The SMILES string of the molecule is COc1cc(-c2cc(C)c(-c3ccc(N(CC=C(C)C)C(C)=O)c(OC)c3)cc2C)ccc1N(CC=C(C)C)C(C)=O.